The Balaban J connectivity index is 0.000000350. The Hall–Kier alpha value is -3.12. The van der Waals surface area contributed by atoms with Gasteiger partial charge in [0.15, 0.2) is 0 Å². The number of hydrogen-bond donors (Lipinski definition) is 2. The molecule has 5 nitrogen and oxygen atoms in total. The quantitative estimate of drug-likeness (QED) is 0.384. The molecule has 176 valence electrons. The third kappa shape index (κ3) is 6.70. The summed E-state index contributed by atoms with van der Waals surface area (Å²) in [5, 5.41) is 16.9. The van der Waals surface area contributed by atoms with Gasteiger partial charge in [-0.3, -0.25) is 4.90 Å². The van der Waals surface area contributed by atoms with Crippen molar-refractivity contribution in [2.24, 2.45) is 0 Å². The lowest BCUT2D eigenvalue weighted by Crippen LogP contribution is -2.22. The molecule has 0 saturated carbocycles. The van der Waals surface area contributed by atoms with Crippen LogP contribution in [0.3, 0.4) is 0 Å². The smallest absolute Gasteiger partial charge is 0.328 e. The van der Waals surface area contributed by atoms with E-state index in [2.05, 4.69) is 72.6 Å². The number of fused-ring (bicyclic) bond motifs is 1. The van der Waals surface area contributed by atoms with E-state index in [0.29, 0.717) is 34.2 Å². The maximum absolute atomic E-state index is 9.55. The summed E-state index contributed by atoms with van der Waals surface area (Å²) in [5.41, 5.74) is 5.39. The van der Waals surface area contributed by atoms with E-state index in [1.54, 1.807) is 0 Å². The molecule has 3 aromatic rings. The van der Waals surface area contributed by atoms with Gasteiger partial charge in [0, 0.05) is 30.7 Å². The van der Waals surface area contributed by atoms with E-state index >= 15 is 0 Å². The zero-order valence-corrected chi connectivity index (χ0v) is 20.1. The van der Waals surface area contributed by atoms with Gasteiger partial charge >= 0.3 is 11.9 Å². The fraction of sp³-hybridized carbons (Fsp3) is 0.185. The minimum Gasteiger partial charge on any atom is -0.478 e. The topological polar surface area (TPSA) is 77.8 Å². The minimum absolute atomic E-state index is 0.351. The van der Waals surface area contributed by atoms with Crippen LogP contribution < -0.4 is 0 Å². The summed E-state index contributed by atoms with van der Waals surface area (Å²) in [6, 6.07) is 25.8. The van der Waals surface area contributed by atoms with Gasteiger partial charge in [0.2, 0.25) is 0 Å². The highest BCUT2D eigenvalue weighted by Gasteiger charge is 2.34. The lowest BCUT2D eigenvalue weighted by molar-refractivity contribution is -0.134. The monoisotopic (exact) mass is 497 g/mol. The maximum Gasteiger partial charge on any atom is 0.328 e. The van der Waals surface area contributed by atoms with Gasteiger partial charge in [0.25, 0.3) is 0 Å². The highest BCUT2D eigenvalue weighted by Crippen LogP contribution is 2.47. The summed E-state index contributed by atoms with van der Waals surface area (Å²) in [5.74, 6) is -2.16. The average molecular weight is 498 g/mol. The zero-order valence-electron chi connectivity index (χ0n) is 18.6. The lowest BCUT2D eigenvalue weighted by atomic mass is 9.93. The lowest BCUT2D eigenvalue weighted by Gasteiger charge is -2.25. The second-order valence-corrected chi connectivity index (χ2v) is 8.83. The number of carboxylic acid groups (broad SMARTS) is 2. The first kappa shape index (κ1) is 25.5. The van der Waals surface area contributed by atoms with Gasteiger partial charge in [0.1, 0.15) is 0 Å². The second kappa shape index (κ2) is 11.8. The van der Waals surface area contributed by atoms with Crippen molar-refractivity contribution < 1.29 is 19.8 Å². The first-order valence-electron chi connectivity index (χ1n) is 10.7. The van der Waals surface area contributed by atoms with E-state index in [1.165, 1.54) is 22.3 Å². The zero-order chi connectivity index (χ0) is 24.7. The van der Waals surface area contributed by atoms with Crippen LogP contribution in [0, 0.1) is 0 Å². The Morgan fingerprint density at radius 3 is 2.06 bits per heavy atom. The van der Waals surface area contributed by atoms with E-state index in [4.69, 9.17) is 33.4 Å². The van der Waals surface area contributed by atoms with Gasteiger partial charge in [0.05, 0.1) is 10.0 Å². The summed E-state index contributed by atoms with van der Waals surface area (Å²) in [6.45, 7) is 0.938. The molecule has 4 rings (SSSR count). The fourth-order valence-corrected chi connectivity index (χ4v) is 4.50. The Kier molecular flexibility index (Phi) is 8.88. The van der Waals surface area contributed by atoms with Crippen LogP contribution in [-0.2, 0) is 16.1 Å². The molecule has 0 fully saturated rings. The molecule has 0 amide bonds. The molecule has 0 spiro atoms. The number of benzene rings is 3. The molecular formula is C27H25Cl2NO4. The second-order valence-electron chi connectivity index (χ2n) is 8.02. The van der Waals surface area contributed by atoms with Crippen LogP contribution in [-0.4, -0.2) is 34.1 Å². The molecular weight excluding hydrogens is 473 g/mol. The van der Waals surface area contributed by atoms with Crippen molar-refractivity contribution in [2.45, 2.75) is 24.9 Å². The molecule has 34 heavy (non-hydrogen) atoms. The Bertz CT molecular complexity index is 1160. The third-order valence-corrected chi connectivity index (χ3v) is 6.45. The largest absolute Gasteiger partial charge is 0.478 e. The summed E-state index contributed by atoms with van der Waals surface area (Å²) in [6.07, 6.45) is 2.17. The minimum atomic E-state index is -1.26. The van der Waals surface area contributed by atoms with E-state index < -0.39 is 11.9 Å². The molecule has 7 heteroatoms. The highest BCUT2D eigenvalue weighted by atomic mass is 35.5. The number of aliphatic carboxylic acids is 2. The van der Waals surface area contributed by atoms with Gasteiger partial charge in [-0.25, -0.2) is 9.59 Å². The summed E-state index contributed by atoms with van der Waals surface area (Å²) in [7, 11) is 2.21. The van der Waals surface area contributed by atoms with E-state index in [-0.39, 0.29) is 0 Å². The summed E-state index contributed by atoms with van der Waals surface area (Å²) < 4.78 is 0. The number of hydrogen-bond acceptors (Lipinski definition) is 3. The SMILES string of the molecule is CN(Cc1ccccc1)[C@H]1C[C@@H](c2ccc(Cl)c(Cl)c2)c2ccccc21.O=C(O)/C=C\C(=O)O. The standard InChI is InChI=1S/C23H21Cl2N.C4H4O4/c1-26(15-16-7-3-2-4-8-16)23-14-20(18-9-5-6-10-19(18)23)17-11-12-21(24)22(25)13-17;5-3(6)1-2-4(7)8/h2-13,20,23H,14-15H2,1H3;1-2H,(H,5,6)(H,7,8)/b;2-1-/t20-,23-;/m0./s1. The molecule has 0 aliphatic heterocycles. The first-order valence-corrected chi connectivity index (χ1v) is 11.4. The van der Waals surface area contributed by atoms with Crippen LogP contribution in [0.4, 0.5) is 0 Å². The van der Waals surface area contributed by atoms with Crippen LogP contribution >= 0.6 is 23.2 Å². The van der Waals surface area contributed by atoms with E-state index in [1.807, 2.05) is 12.1 Å². The molecule has 1 aliphatic carbocycles. The molecule has 0 unspecified atom stereocenters. The van der Waals surface area contributed by atoms with E-state index in [0.717, 1.165) is 13.0 Å². The van der Waals surface area contributed by atoms with Gasteiger partial charge in [-0.15, -0.1) is 0 Å². The Morgan fingerprint density at radius 2 is 1.47 bits per heavy atom. The van der Waals surface area contributed by atoms with Crippen molar-refractivity contribution in [3.8, 4) is 0 Å². The number of halogens is 2. The first-order chi connectivity index (χ1) is 16.3. The fourth-order valence-electron chi connectivity index (χ4n) is 4.20. The number of nitrogens with zero attached hydrogens (tertiary/aromatic N) is 1. The molecule has 3 aromatic carbocycles. The van der Waals surface area contributed by atoms with Gasteiger partial charge in [-0.2, -0.15) is 0 Å². The molecule has 1 aliphatic rings. The number of carboxylic acids is 2. The van der Waals surface area contributed by atoms with Crippen LogP contribution in [0.2, 0.25) is 10.0 Å². The predicted octanol–water partition coefficient (Wildman–Crippen LogP) is 6.41. The van der Waals surface area contributed by atoms with Crippen molar-refractivity contribution in [3.63, 3.8) is 0 Å². The molecule has 0 aromatic heterocycles. The molecule has 0 bridgehead atoms. The van der Waals surface area contributed by atoms with Gasteiger partial charge in [-0.05, 0) is 47.9 Å². The molecule has 2 N–H and O–H groups in total. The van der Waals surface area contributed by atoms with Crippen LogP contribution in [0.15, 0.2) is 84.9 Å². The Morgan fingerprint density at radius 1 is 0.882 bits per heavy atom. The molecule has 0 saturated heterocycles. The van der Waals surface area contributed by atoms with Crippen molar-refractivity contribution in [3.05, 3.63) is 117 Å². The molecule has 2 atom stereocenters. The normalized spacial score (nSPS) is 16.7. The predicted molar refractivity (Wildman–Crippen MR) is 134 cm³/mol. The summed E-state index contributed by atoms with van der Waals surface area (Å²) >= 11 is 12.4. The van der Waals surface area contributed by atoms with Crippen molar-refractivity contribution in [2.75, 3.05) is 7.05 Å². The Labute approximate surface area is 208 Å². The maximum atomic E-state index is 9.55. The van der Waals surface area contributed by atoms with Gasteiger partial charge < -0.3 is 10.2 Å². The van der Waals surface area contributed by atoms with Gasteiger partial charge in [-0.1, -0.05) is 83.9 Å². The summed E-state index contributed by atoms with van der Waals surface area (Å²) in [4.78, 5) is 21.6. The number of rotatable bonds is 6. The van der Waals surface area contributed by atoms with Crippen LogP contribution in [0.25, 0.3) is 0 Å². The van der Waals surface area contributed by atoms with Crippen LogP contribution in [0.1, 0.15) is 40.6 Å². The van der Waals surface area contributed by atoms with Crippen molar-refractivity contribution >= 4 is 35.1 Å². The highest BCUT2D eigenvalue weighted by molar-refractivity contribution is 6.42. The number of carbonyl (C=O) groups is 2. The molecule has 0 radical (unpaired) electrons. The third-order valence-electron chi connectivity index (χ3n) is 5.71. The average Bonchev–Trinajstić information content (AvgIpc) is 3.20. The molecule has 0 heterocycles. The van der Waals surface area contributed by atoms with Crippen molar-refractivity contribution in [1.82, 2.24) is 4.90 Å². The van der Waals surface area contributed by atoms with Crippen LogP contribution in [0.5, 0.6) is 0 Å². The van der Waals surface area contributed by atoms with E-state index in [9.17, 15) is 9.59 Å². The van der Waals surface area contributed by atoms with Crippen molar-refractivity contribution in [1.29, 1.82) is 0 Å².